The summed E-state index contributed by atoms with van der Waals surface area (Å²) in [5, 5.41) is 25.6. The molecule has 0 aromatic heterocycles. The lowest BCUT2D eigenvalue weighted by Crippen LogP contribution is -2.51. The normalized spacial score (nSPS) is 18.1. The van der Waals surface area contributed by atoms with Gasteiger partial charge in [0, 0.05) is 16.8 Å². The van der Waals surface area contributed by atoms with Gasteiger partial charge >= 0.3 is 12.0 Å². The minimum atomic E-state index is -1.29. The Hall–Kier alpha value is -4.50. The summed E-state index contributed by atoms with van der Waals surface area (Å²) in [4.78, 5) is 44.5. The molecule has 2 atom stereocenters. The quantitative estimate of drug-likeness (QED) is 0.365. The highest BCUT2D eigenvalue weighted by atomic mass is 16.4. The summed E-state index contributed by atoms with van der Waals surface area (Å²) < 4.78 is 0. The Labute approximate surface area is 226 Å². The van der Waals surface area contributed by atoms with Crippen LogP contribution in [0.4, 0.5) is 16.2 Å². The molecule has 9 nitrogen and oxygen atoms in total. The number of hydrogen-bond acceptors (Lipinski definition) is 5. The Morgan fingerprint density at radius 3 is 2.44 bits per heavy atom. The van der Waals surface area contributed by atoms with E-state index in [0.29, 0.717) is 11.4 Å². The van der Waals surface area contributed by atoms with Crippen molar-refractivity contribution in [3.05, 3.63) is 95.6 Å². The number of carboxylic acids is 1. The molecule has 3 amide bonds. The molecule has 0 saturated heterocycles. The minimum absolute atomic E-state index is 0.0188. The molecule has 9 heteroatoms. The van der Waals surface area contributed by atoms with Gasteiger partial charge in [0.1, 0.15) is 0 Å². The van der Waals surface area contributed by atoms with Gasteiger partial charge in [-0.15, -0.1) is 0 Å². The number of carboxylic acid groups (broad SMARTS) is 1. The highest BCUT2D eigenvalue weighted by Crippen LogP contribution is 2.32. The van der Waals surface area contributed by atoms with E-state index in [1.54, 1.807) is 6.07 Å². The molecule has 1 aliphatic heterocycles. The van der Waals surface area contributed by atoms with Crippen LogP contribution >= 0.6 is 0 Å². The third kappa shape index (κ3) is 5.83. The van der Waals surface area contributed by atoms with Crippen molar-refractivity contribution in [3.8, 4) is 0 Å². The van der Waals surface area contributed by atoms with E-state index in [1.807, 2.05) is 54.6 Å². The lowest BCUT2D eigenvalue weighted by molar-refractivity contribution is -0.120. The molecule has 5 rings (SSSR count). The summed E-state index contributed by atoms with van der Waals surface area (Å²) in [5.41, 5.74) is 2.92. The number of β-amino-alcohol motifs (C(OH)–C–C–N with tert-alkyl or cyclic N) is 1. The van der Waals surface area contributed by atoms with Crippen LogP contribution in [0.3, 0.4) is 0 Å². The lowest BCUT2D eigenvalue weighted by Gasteiger charge is -2.29. The van der Waals surface area contributed by atoms with Gasteiger partial charge in [-0.1, -0.05) is 67.4 Å². The van der Waals surface area contributed by atoms with E-state index in [4.69, 9.17) is 4.99 Å². The molecule has 0 unspecified atom stereocenters. The predicted molar refractivity (Wildman–Crippen MR) is 148 cm³/mol. The Balaban J connectivity index is 1.49. The van der Waals surface area contributed by atoms with E-state index < -0.39 is 30.2 Å². The van der Waals surface area contributed by atoms with Crippen LogP contribution in [0.15, 0.2) is 83.9 Å². The van der Waals surface area contributed by atoms with E-state index in [9.17, 15) is 24.6 Å². The van der Waals surface area contributed by atoms with Gasteiger partial charge in [-0.05, 0) is 43.0 Å². The fourth-order valence-electron chi connectivity index (χ4n) is 5.24. The number of carbonyl (C=O) groups excluding carboxylic acids is 2. The van der Waals surface area contributed by atoms with Crippen molar-refractivity contribution < 1.29 is 24.6 Å². The number of nitrogens with one attached hydrogen (secondary N) is 2. The molecule has 0 radical (unpaired) electrons. The number of para-hydroxylation sites is 1. The van der Waals surface area contributed by atoms with E-state index in [-0.39, 0.29) is 23.7 Å². The number of benzodiazepines with no additional fused rings is 1. The Morgan fingerprint density at radius 2 is 1.69 bits per heavy atom. The molecule has 0 bridgehead atoms. The number of aliphatic imine (C=N–C) groups is 1. The fraction of sp³-hybridized carbons (Fsp3) is 0.267. The zero-order valence-electron chi connectivity index (χ0n) is 21.3. The molecule has 3 aromatic carbocycles. The molecule has 1 fully saturated rings. The number of aliphatic hydroxyl groups excluding tert-OH is 1. The third-order valence-electron chi connectivity index (χ3n) is 7.20. The van der Waals surface area contributed by atoms with Crippen molar-refractivity contribution in [2.45, 2.75) is 38.0 Å². The van der Waals surface area contributed by atoms with Gasteiger partial charge in [0.2, 0.25) is 6.17 Å². The molecule has 1 saturated carbocycles. The summed E-state index contributed by atoms with van der Waals surface area (Å²) in [7, 11) is 0. The Kier molecular flexibility index (Phi) is 7.69. The molecule has 200 valence electrons. The number of aliphatic hydroxyl groups is 1. The predicted octanol–water partition coefficient (Wildman–Crippen LogP) is 4.27. The molecule has 39 heavy (non-hydrogen) atoms. The number of rotatable bonds is 7. The first-order chi connectivity index (χ1) is 18.9. The molecule has 1 aliphatic carbocycles. The zero-order valence-corrected chi connectivity index (χ0v) is 21.3. The van der Waals surface area contributed by atoms with Crippen LogP contribution in [0.5, 0.6) is 0 Å². The summed E-state index contributed by atoms with van der Waals surface area (Å²) in [6, 6.07) is 21.9. The number of anilines is 2. The zero-order chi connectivity index (χ0) is 27.4. The lowest BCUT2D eigenvalue weighted by atomic mass is 9.98. The number of nitrogens with zero attached hydrogens (tertiary/aromatic N) is 2. The Bertz CT molecular complexity index is 1400. The molecular formula is C30H30N4O5. The van der Waals surface area contributed by atoms with Gasteiger partial charge in [0.25, 0.3) is 5.91 Å². The smallest absolute Gasteiger partial charge is 0.335 e. The van der Waals surface area contributed by atoms with Gasteiger partial charge in [-0.25, -0.2) is 14.6 Å². The van der Waals surface area contributed by atoms with Crippen molar-refractivity contribution in [3.63, 3.8) is 0 Å². The van der Waals surface area contributed by atoms with Crippen LogP contribution in [-0.4, -0.2) is 52.6 Å². The third-order valence-corrected chi connectivity index (χ3v) is 7.20. The molecule has 2 aliphatic rings. The first-order valence-electron chi connectivity index (χ1n) is 13.0. The molecule has 4 N–H and O–H groups in total. The van der Waals surface area contributed by atoms with E-state index >= 15 is 0 Å². The van der Waals surface area contributed by atoms with Crippen LogP contribution in [0.1, 0.15) is 47.2 Å². The highest BCUT2D eigenvalue weighted by Gasteiger charge is 2.35. The first kappa shape index (κ1) is 26.1. The summed E-state index contributed by atoms with van der Waals surface area (Å²) in [5.74, 6) is -1.48. The number of aromatic carboxylic acids is 1. The number of carbonyl (C=O) groups is 3. The number of urea groups is 1. The number of fused-ring (bicyclic) bond motifs is 1. The van der Waals surface area contributed by atoms with Gasteiger partial charge in [0.05, 0.1) is 29.6 Å². The van der Waals surface area contributed by atoms with Crippen molar-refractivity contribution in [2.75, 3.05) is 16.8 Å². The van der Waals surface area contributed by atoms with Gasteiger partial charge in [0.15, 0.2) is 0 Å². The summed E-state index contributed by atoms with van der Waals surface area (Å²) >= 11 is 0. The SMILES string of the molecule is O=C(Nc1cccc(C(=O)O)c1)N[C@@H]1N=C(c2ccccc2)c2ccccc2N(C[C@@H](O)C2CCCC2)C1=O. The fourth-order valence-corrected chi connectivity index (χ4v) is 5.24. The molecule has 0 spiro atoms. The van der Waals surface area contributed by atoms with Crippen molar-refractivity contribution in [1.29, 1.82) is 0 Å². The van der Waals surface area contributed by atoms with Crippen LogP contribution in [-0.2, 0) is 4.79 Å². The average Bonchev–Trinajstić information content (AvgIpc) is 3.46. The van der Waals surface area contributed by atoms with Crippen molar-refractivity contribution in [2.24, 2.45) is 10.9 Å². The van der Waals surface area contributed by atoms with Gasteiger partial charge in [-0.2, -0.15) is 0 Å². The van der Waals surface area contributed by atoms with E-state index in [2.05, 4.69) is 10.6 Å². The number of hydrogen-bond donors (Lipinski definition) is 4. The second-order valence-corrected chi connectivity index (χ2v) is 9.81. The largest absolute Gasteiger partial charge is 0.478 e. The minimum Gasteiger partial charge on any atom is -0.478 e. The van der Waals surface area contributed by atoms with Crippen LogP contribution in [0.25, 0.3) is 0 Å². The van der Waals surface area contributed by atoms with Gasteiger partial charge in [-0.3, -0.25) is 4.79 Å². The maximum Gasteiger partial charge on any atom is 0.335 e. The van der Waals surface area contributed by atoms with Crippen LogP contribution in [0, 0.1) is 5.92 Å². The van der Waals surface area contributed by atoms with Gasteiger partial charge < -0.3 is 25.7 Å². The number of benzene rings is 3. The topological polar surface area (TPSA) is 131 Å². The second-order valence-electron chi connectivity index (χ2n) is 9.81. The average molecular weight is 527 g/mol. The molecule has 3 aromatic rings. The maximum atomic E-state index is 14.0. The van der Waals surface area contributed by atoms with Crippen molar-refractivity contribution in [1.82, 2.24) is 5.32 Å². The van der Waals surface area contributed by atoms with E-state index in [1.165, 1.54) is 23.1 Å². The van der Waals surface area contributed by atoms with Crippen LogP contribution in [0.2, 0.25) is 0 Å². The van der Waals surface area contributed by atoms with E-state index in [0.717, 1.165) is 36.8 Å². The van der Waals surface area contributed by atoms with Crippen LogP contribution < -0.4 is 15.5 Å². The number of amides is 3. The van der Waals surface area contributed by atoms with Crippen molar-refractivity contribution >= 4 is 35.0 Å². The molecule has 1 heterocycles. The summed E-state index contributed by atoms with van der Waals surface area (Å²) in [6.45, 7) is 0.0819. The monoisotopic (exact) mass is 526 g/mol. The first-order valence-corrected chi connectivity index (χ1v) is 13.0. The standard InChI is InChI=1S/C30H30N4O5/c35-25(19-9-4-5-10-19)18-34-24-16-7-6-15-23(24)26(20-11-2-1-3-12-20)32-27(28(34)36)33-30(39)31-22-14-8-13-21(17-22)29(37)38/h1-3,6-8,11-17,19,25,27,35H,4-5,9-10,18H2,(H,37,38)(H2,31,33,39)/t25-,27+/m1/s1. The summed E-state index contributed by atoms with van der Waals surface area (Å²) in [6.07, 6.45) is 1.94. The second kappa shape index (κ2) is 11.5. The molecular weight excluding hydrogens is 496 g/mol. The Morgan fingerprint density at radius 1 is 0.974 bits per heavy atom. The highest BCUT2D eigenvalue weighted by molar-refractivity contribution is 6.20. The maximum absolute atomic E-state index is 14.0.